The van der Waals surface area contributed by atoms with Crippen molar-refractivity contribution in [1.29, 1.82) is 0 Å². The average molecular weight is 722 g/mol. The Morgan fingerprint density at radius 1 is 1.15 bits per heavy atom. The fourth-order valence-corrected chi connectivity index (χ4v) is 9.09. The topological polar surface area (TPSA) is 274 Å². The molecule has 2 bridgehead atoms. The highest BCUT2D eigenvalue weighted by atomic mass is 32.5. The van der Waals surface area contributed by atoms with E-state index in [0.29, 0.717) is 0 Å². The maximum absolute atomic E-state index is 12.5. The molecule has 7 atom stereocenters. The number of imidazole rings is 1. The Bertz CT molecular complexity index is 1870. The van der Waals surface area contributed by atoms with Crippen LogP contribution in [0.5, 0.6) is 0 Å². The first kappa shape index (κ1) is 32.1. The lowest BCUT2D eigenvalue weighted by atomic mass is 9.94. The number of ether oxygens (including phenoxy) is 3. The van der Waals surface area contributed by atoms with Crippen LogP contribution < -0.4 is 33.0 Å². The Hall–Kier alpha value is -2.47. The summed E-state index contributed by atoms with van der Waals surface area (Å²) in [5, 5.41) is 1.32. The molecule has 3 aromatic rings. The van der Waals surface area contributed by atoms with E-state index in [1.54, 1.807) is 6.92 Å². The van der Waals surface area contributed by atoms with Crippen molar-refractivity contribution in [2.24, 2.45) is 0 Å². The van der Waals surface area contributed by atoms with Gasteiger partial charge in [-0.25, -0.2) is 20.0 Å². The highest BCUT2D eigenvalue weighted by Crippen LogP contribution is 2.58. The number of aromatic nitrogens is 6. The number of rotatable bonds is 3. The molecule has 250 valence electrons. The maximum atomic E-state index is 12.5. The summed E-state index contributed by atoms with van der Waals surface area (Å²) in [7, 11) is 1.40. The summed E-state index contributed by atoms with van der Waals surface area (Å²) < 4.78 is 43.8. The second-order valence-electron chi connectivity index (χ2n) is 11.1. The summed E-state index contributed by atoms with van der Waals surface area (Å²) in [6.45, 7) is -7.81. The molecule has 9 N–H and O–H groups in total. The van der Waals surface area contributed by atoms with Gasteiger partial charge < -0.3 is 44.5 Å². The molecular formula is C21H29N11O10P2S2. The molecule has 0 spiro atoms. The lowest BCUT2D eigenvalue weighted by Gasteiger charge is -2.40. The number of aromatic amines is 1. The van der Waals surface area contributed by atoms with Crippen LogP contribution in [0.2, 0.25) is 0 Å². The minimum absolute atomic E-state index is 0.0332. The number of H-pyrrole nitrogens is 1. The third-order valence-corrected chi connectivity index (χ3v) is 11.2. The average Bonchev–Trinajstić information content (AvgIpc) is 3.77. The minimum atomic E-state index is -4.19. The number of nitrogen functional groups attached to an aromatic ring is 2. The van der Waals surface area contributed by atoms with Gasteiger partial charge >= 0.3 is 13.4 Å². The summed E-state index contributed by atoms with van der Waals surface area (Å²) in [5.74, 6) is 0.00598. The van der Waals surface area contributed by atoms with Crippen molar-refractivity contribution in [3.8, 4) is 0 Å². The predicted molar refractivity (Wildman–Crippen MR) is 166 cm³/mol. The van der Waals surface area contributed by atoms with Gasteiger partial charge in [-0.1, -0.05) is 0 Å². The number of nitrogens with two attached hydrogens (primary N) is 2. The van der Waals surface area contributed by atoms with Crippen LogP contribution in [0.25, 0.3) is 11.2 Å². The van der Waals surface area contributed by atoms with Crippen molar-refractivity contribution >= 4 is 71.5 Å². The summed E-state index contributed by atoms with van der Waals surface area (Å²) in [6.07, 6.45) is 0.587. The molecule has 3 saturated heterocycles. The molecule has 4 aliphatic rings. The quantitative estimate of drug-likeness (QED) is 0.158. The molecule has 0 amide bonds. The van der Waals surface area contributed by atoms with E-state index >= 15 is 0 Å². The molecule has 46 heavy (non-hydrogen) atoms. The number of hydrogen-bond acceptors (Lipinski definition) is 19. The third kappa shape index (κ3) is 5.20. The Balaban J connectivity index is 1.27. The van der Waals surface area contributed by atoms with Gasteiger partial charge in [0.15, 0.2) is 28.7 Å². The fourth-order valence-electron chi connectivity index (χ4n) is 5.89. The van der Waals surface area contributed by atoms with Gasteiger partial charge in [0.2, 0.25) is 11.7 Å². The lowest BCUT2D eigenvalue weighted by molar-refractivity contribution is -0.141. The van der Waals surface area contributed by atoms with Crippen molar-refractivity contribution in [2.75, 3.05) is 55.4 Å². The number of nitrogens with one attached hydrogen (secondary N) is 3. The SMILES string of the molecule is CO[C@]1(n2cnc3c(N)ncnc32)CO[C@]2(C)COP(O)(=S)O[C@@]3(N4NNc5c4nc(N)[nH]c5=O)CO[C@H](COP(O)(=S)O[C@H]21)C3. The molecule has 3 aromatic heterocycles. The van der Waals surface area contributed by atoms with Crippen LogP contribution in [0.15, 0.2) is 17.4 Å². The molecule has 7 heterocycles. The predicted octanol–water partition coefficient (Wildman–Crippen LogP) is -1.12. The second kappa shape index (κ2) is 11.0. The number of hydrazine groups is 2. The minimum Gasteiger partial charge on any atom is -0.382 e. The smallest absolute Gasteiger partial charge is 0.326 e. The summed E-state index contributed by atoms with van der Waals surface area (Å²) >= 11 is 10.9. The van der Waals surface area contributed by atoms with Gasteiger partial charge in [0.25, 0.3) is 5.56 Å². The Kier molecular flexibility index (Phi) is 7.70. The number of methoxy groups -OCH3 is 1. The highest BCUT2D eigenvalue weighted by molar-refractivity contribution is 8.07. The zero-order valence-electron chi connectivity index (χ0n) is 24.1. The molecule has 25 heteroatoms. The van der Waals surface area contributed by atoms with E-state index in [9.17, 15) is 14.6 Å². The zero-order chi connectivity index (χ0) is 32.7. The summed E-state index contributed by atoms with van der Waals surface area (Å²) in [6, 6.07) is 0. The van der Waals surface area contributed by atoms with E-state index in [-0.39, 0.29) is 60.7 Å². The largest absolute Gasteiger partial charge is 0.382 e. The normalized spacial score (nSPS) is 38.0. The van der Waals surface area contributed by atoms with Crippen molar-refractivity contribution in [3.63, 3.8) is 0 Å². The fraction of sp³-hybridized carbons (Fsp3) is 0.571. The molecule has 21 nitrogen and oxygen atoms in total. The van der Waals surface area contributed by atoms with Crippen molar-refractivity contribution in [2.45, 2.75) is 42.6 Å². The maximum Gasteiger partial charge on any atom is 0.326 e. The summed E-state index contributed by atoms with van der Waals surface area (Å²) in [5.41, 5.74) is 12.7. The second-order valence-corrected chi connectivity index (χ2v) is 16.6. The number of anilines is 4. The Morgan fingerprint density at radius 2 is 1.96 bits per heavy atom. The van der Waals surface area contributed by atoms with Crippen LogP contribution in [-0.2, 0) is 61.6 Å². The van der Waals surface area contributed by atoms with E-state index < -0.39 is 54.9 Å². The molecule has 3 fully saturated rings. The molecule has 7 rings (SSSR count). The first-order valence-electron chi connectivity index (χ1n) is 13.5. The molecule has 4 aliphatic heterocycles. The van der Waals surface area contributed by atoms with Gasteiger partial charge in [0, 0.05) is 13.5 Å². The molecular weight excluding hydrogens is 692 g/mol. The van der Waals surface area contributed by atoms with Gasteiger partial charge in [-0.15, -0.1) is 5.53 Å². The van der Waals surface area contributed by atoms with Crippen molar-refractivity contribution in [1.82, 2.24) is 35.0 Å². The van der Waals surface area contributed by atoms with Gasteiger partial charge in [-0.2, -0.15) is 4.98 Å². The van der Waals surface area contributed by atoms with Crippen LogP contribution in [0.4, 0.5) is 23.3 Å². The van der Waals surface area contributed by atoms with E-state index in [0.717, 1.165) is 0 Å². The molecule has 0 radical (unpaired) electrons. The van der Waals surface area contributed by atoms with Crippen LogP contribution >= 0.6 is 13.4 Å². The molecule has 0 aromatic carbocycles. The van der Waals surface area contributed by atoms with E-state index in [4.69, 9.17) is 67.4 Å². The van der Waals surface area contributed by atoms with Crippen LogP contribution in [0, 0.1) is 0 Å². The van der Waals surface area contributed by atoms with Crippen LogP contribution in [-0.4, -0.2) is 96.3 Å². The van der Waals surface area contributed by atoms with E-state index in [1.807, 2.05) is 0 Å². The third-order valence-electron chi connectivity index (χ3n) is 8.08. The van der Waals surface area contributed by atoms with Gasteiger partial charge in [0.1, 0.15) is 23.5 Å². The monoisotopic (exact) mass is 721 g/mol. The van der Waals surface area contributed by atoms with Crippen molar-refractivity contribution in [3.05, 3.63) is 23.0 Å². The number of fused-ring (bicyclic) bond motifs is 5. The Morgan fingerprint density at radius 3 is 2.74 bits per heavy atom. The van der Waals surface area contributed by atoms with Gasteiger partial charge in [-0.3, -0.25) is 28.8 Å². The van der Waals surface area contributed by atoms with E-state index in [1.165, 1.54) is 29.3 Å². The molecule has 0 saturated carbocycles. The van der Waals surface area contributed by atoms with E-state index in [2.05, 4.69) is 35.9 Å². The highest BCUT2D eigenvalue weighted by Gasteiger charge is 2.63. The molecule has 2 unspecified atom stereocenters. The number of hydrogen-bond donors (Lipinski definition) is 7. The molecule has 0 aliphatic carbocycles. The number of nitrogens with zero attached hydrogens (tertiary/aromatic N) is 6. The van der Waals surface area contributed by atoms with Gasteiger partial charge in [-0.05, 0) is 30.5 Å². The summed E-state index contributed by atoms with van der Waals surface area (Å²) in [4.78, 5) is 54.6. The zero-order valence-corrected chi connectivity index (χ0v) is 27.5. The van der Waals surface area contributed by atoms with Crippen LogP contribution in [0.1, 0.15) is 13.3 Å². The van der Waals surface area contributed by atoms with Crippen LogP contribution in [0.3, 0.4) is 0 Å². The van der Waals surface area contributed by atoms with Gasteiger partial charge in [0.05, 0.1) is 38.9 Å². The lowest BCUT2D eigenvalue weighted by Crippen LogP contribution is -2.57. The standard InChI is InChI=1S/C21H29N11O10P2S2/c1-19-5-40-44(35,46)42-20(32-15-12(29-30-32)16(33)28-18(23)27-15)3-10(37-6-20)4-39-43(34,45)41-17(19)21(36-2,7-38-19)31-9-26-11-13(22)24-8-25-14(11)31/h8-10,17,29-30H,3-7H2,1-2H3,(H,34,45)(H,35,46)(H2,22,24,25)(H3,23,27,28,33)/t10-,17+,19+,20+,21+,43?,44?/m0/s1. The Labute approximate surface area is 269 Å². The first-order chi connectivity index (χ1) is 21.7. The first-order valence-corrected chi connectivity index (χ1v) is 18.7. The van der Waals surface area contributed by atoms with Crippen molar-refractivity contribution < 1.29 is 42.1 Å².